The third kappa shape index (κ3) is 9.18. The highest BCUT2D eigenvalue weighted by Crippen LogP contribution is 2.06. The van der Waals surface area contributed by atoms with Crippen LogP contribution in [0.1, 0.15) is 24.5 Å². The molecule has 4 N–H and O–H groups in total. The number of allylic oxidation sites excluding steroid dienone is 1. The van der Waals surface area contributed by atoms with Crippen LogP contribution in [0.3, 0.4) is 0 Å². The second-order valence-electron chi connectivity index (χ2n) is 6.51. The lowest BCUT2D eigenvalue weighted by molar-refractivity contribution is -0.115. The molecule has 1 heterocycles. The molecule has 0 spiro atoms. The van der Waals surface area contributed by atoms with E-state index < -0.39 is 0 Å². The fraction of sp³-hybridized carbons (Fsp3) is 0.250. The van der Waals surface area contributed by atoms with Gasteiger partial charge in [-0.1, -0.05) is 49.6 Å². The Morgan fingerprint density at radius 1 is 1.31 bits per heavy atom. The first-order chi connectivity index (χ1) is 15.5. The first-order valence-electron chi connectivity index (χ1n) is 10.1. The van der Waals surface area contributed by atoms with Gasteiger partial charge in [0.1, 0.15) is 6.29 Å². The lowest BCUT2D eigenvalue weighted by Gasteiger charge is -2.03. The number of aldehydes is 1. The van der Waals surface area contributed by atoms with Crippen molar-refractivity contribution in [2.75, 3.05) is 30.8 Å². The highest BCUT2D eigenvalue weighted by atomic mass is 32.2. The van der Waals surface area contributed by atoms with Gasteiger partial charge in [0.25, 0.3) is 0 Å². The van der Waals surface area contributed by atoms with Gasteiger partial charge in [-0.3, -0.25) is 9.79 Å². The van der Waals surface area contributed by atoms with E-state index >= 15 is 0 Å². The van der Waals surface area contributed by atoms with Gasteiger partial charge in [0.15, 0.2) is 5.95 Å². The minimum absolute atomic E-state index is 0.119. The average molecular weight is 454 g/mol. The zero-order valence-electron chi connectivity index (χ0n) is 18.6. The van der Waals surface area contributed by atoms with Gasteiger partial charge >= 0.3 is 0 Å². The number of nitrogens with two attached hydrogens (primary N) is 1. The smallest absolute Gasteiger partial charge is 0.249 e. The number of amides is 1. The van der Waals surface area contributed by atoms with Crippen LogP contribution >= 0.6 is 11.8 Å². The van der Waals surface area contributed by atoms with Gasteiger partial charge in [-0.05, 0) is 42.6 Å². The molecule has 0 saturated carbocycles. The van der Waals surface area contributed by atoms with E-state index in [9.17, 15) is 9.59 Å². The maximum atomic E-state index is 12.0. The van der Waals surface area contributed by atoms with E-state index in [4.69, 9.17) is 5.73 Å². The quantitative estimate of drug-likeness (QED) is 0.289. The number of carbonyl (C=O) groups excluding carboxylic acids is 2. The monoisotopic (exact) mass is 453 g/mol. The van der Waals surface area contributed by atoms with Crippen LogP contribution in [0.25, 0.3) is 17.7 Å². The number of nitrogens with zero attached hydrogens (tertiary/aromatic N) is 2. The average Bonchev–Trinajstić information content (AvgIpc) is 3.17. The fourth-order valence-corrected chi connectivity index (χ4v) is 3.03. The summed E-state index contributed by atoms with van der Waals surface area (Å²) in [6.07, 6.45) is 10.6. The van der Waals surface area contributed by atoms with Crippen molar-refractivity contribution in [3.63, 3.8) is 0 Å². The minimum Gasteiger partial charge on any atom is -0.369 e. The van der Waals surface area contributed by atoms with Gasteiger partial charge in [-0.25, -0.2) is 4.98 Å². The molecule has 0 fully saturated rings. The number of aromatic amines is 1. The van der Waals surface area contributed by atoms with E-state index in [2.05, 4.69) is 33.4 Å². The number of aromatic nitrogens is 2. The van der Waals surface area contributed by atoms with Crippen LogP contribution < -0.4 is 21.7 Å². The number of rotatable bonds is 10. The minimum atomic E-state index is -0.119. The number of thioether (sulfide) groups is 1. The number of anilines is 1. The van der Waals surface area contributed by atoms with Crippen molar-refractivity contribution < 1.29 is 9.59 Å². The summed E-state index contributed by atoms with van der Waals surface area (Å²) in [7, 11) is 0. The number of aliphatic imine (C=N–C) groups is 1. The molecule has 0 aliphatic heterocycles. The van der Waals surface area contributed by atoms with Crippen molar-refractivity contribution in [2.24, 2.45) is 4.99 Å². The molecule has 0 bridgehead atoms. The first-order valence-corrected chi connectivity index (χ1v) is 11.4. The van der Waals surface area contributed by atoms with Gasteiger partial charge < -0.3 is 20.8 Å². The number of nitrogen functional groups attached to an aromatic ring is 1. The molecule has 2 aromatic rings. The van der Waals surface area contributed by atoms with Crippen LogP contribution in [0.2, 0.25) is 0 Å². The van der Waals surface area contributed by atoms with Crippen molar-refractivity contribution in [1.29, 1.82) is 0 Å². The van der Waals surface area contributed by atoms with Crippen molar-refractivity contribution in [3.8, 4) is 0 Å². The molecule has 0 unspecified atom stereocenters. The Hall–Kier alpha value is -3.39. The van der Waals surface area contributed by atoms with Crippen molar-refractivity contribution in [2.45, 2.75) is 13.3 Å². The maximum absolute atomic E-state index is 12.0. The highest BCUT2D eigenvalue weighted by molar-refractivity contribution is 7.98. The fourth-order valence-electron chi connectivity index (χ4n) is 2.60. The molecule has 170 valence electrons. The highest BCUT2D eigenvalue weighted by Gasteiger charge is 2.07. The van der Waals surface area contributed by atoms with Crippen LogP contribution in [0, 0.1) is 0 Å². The molecule has 0 aliphatic rings. The summed E-state index contributed by atoms with van der Waals surface area (Å²) in [4.78, 5) is 33.0. The summed E-state index contributed by atoms with van der Waals surface area (Å²) in [5.41, 5.74) is 8.18. The van der Waals surface area contributed by atoms with Crippen LogP contribution in [0.5, 0.6) is 0 Å². The third-order valence-electron chi connectivity index (χ3n) is 4.17. The van der Waals surface area contributed by atoms with Gasteiger partial charge in [-0.2, -0.15) is 11.8 Å². The van der Waals surface area contributed by atoms with Crippen LogP contribution in [0.4, 0.5) is 5.95 Å². The number of benzene rings is 1. The molecule has 1 aromatic heterocycles. The maximum Gasteiger partial charge on any atom is 0.249 e. The van der Waals surface area contributed by atoms with E-state index in [1.807, 2.05) is 30.5 Å². The summed E-state index contributed by atoms with van der Waals surface area (Å²) >= 11 is 1.76. The lowest BCUT2D eigenvalue weighted by atomic mass is 10.1. The number of hydrogen-bond donors (Lipinski definition) is 3. The Balaban J connectivity index is 0.000000343. The van der Waals surface area contributed by atoms with E-state index in [1.54, 1.807) is 43.1 Å². The van der Waals surface area contributed by atoms with Gasteiger partial charge in [0.2, 0.25) is 5.91 Å². The standard InChI is InChI=1S/C13H20N4OS.C11H11NO/c1-4-6-10-11(17-13(14)16-10)9(2)12(18)15-7-5-8-19-3;1-2-10-5-3-4-6-11(10)9-12-7-8-13/h4,6H,1,5,7-8H2,2-3H3,(H,15,18)(H3,14,16,17);2-6,8-9H,1,7H2/b10-6+,11-9-;. The topological polar surface area (TPSA) is 113 Å². The summed E-state index contributed by atoms with van der Waals surface area (Å²) in [6.45, 7) is 9.93. The van der Waals surface area contributed by atoms with E-state index in [0.717, 1.165) is 29.6 Å². The van der Waals surface area contributed by atoms with Crippen molar-refractivity contribution in [3.05, 3.63) is 65.3 Å². The number of carbonyl (C=O) groups is 2. The zero-order valence-corrected chi connectivity index (χ0v) is 19.5. The van der Waals surface area contributed by atoms with Gasteiger partial charge in [-0.15, -0.1) is 0 Å². The molecule has 1 aromatic carbocycles. The normalized spacial score (nSPS) is 12.0. The number of imidazole rings is 1. The largest absolute Gasteiger partial charge is 0.369 e. The van der Waals surface area contributed by atoms with Gasteiger partial charge in [0.05, 0.1) is 17.2 Å². The summed E-state index contributed by atoms with van der Waals surface area (Å²) in [5.74, 6) is 1.20. The lowest BCUT2D eigenvalue weighted by Crippen LogP contribution is -2.34. The predicted octanol–water partition coefficient (Wildman–Crippen LogP) is 1.95. The molecule has 32 heavy (non-hydrogen) atoms. The Morgan fingerprint density at radius 3 is 2.66 bits per heavy atom. The second-order valence-corrected chi connectivity index (χ2v) is 7.49. The van der Waals surface area contributed by atoms with E-state index in [0.29, 0.717) is 22.8 Å². The summed E-state index contributed by atoms with van der Waals surface area (Å²) < 4.78 is 0. The molecule has 0 saturated heterocycles. The molecular weight excluding hydrogens is 422 g/mol. The second kappa shape index (κ2) is 15.4. The molecule has 2 rings (SSSR count). The SMILES string of the molecule is C=C/C=c1/[nH]c(N)n/c1=C(/C)C(=O)NCCCSC.C=Cc1ccccc1C=NCC=O. The molecular formula is C24H31N5O2S. The molecule has 0 atom stereocenters. The molecule has 1 amide bonds. The predicted molar refractivity (Wildman–Crippen MR) is 137 cm³/mol. The third-order valence-corrected chi connectivity index (χ3v) is 4.86. The Morgan fingerprint density at radius 2 is 2.03 bits per heavy atom. The molecule has 7 nitrogen and oxygen atoms in total. The van der Waals surface area contributed by atoms with E-state index in [-0.39, 0.29) is 18.4 Å². The van der Waals surface area contributed by atoms with Crippen LogP contribution in [-0.2, 0) is 9.59 Å². The molecule has 0 radical (unpaired) electrons. The van der Waals surface area contributed by atoms with Crippen LogP contribution in [-0.4, -0.2) is 53.5 Å². The Kier molecular flexibility index (Phi) is 12.8. The molecule has 0 aliphatic carbocycles. The summed E-state index contributed by atoms with van der Waals surface area (Å²) in [6, 6.07) is 7.75. The van der Waals surface area contributed by atoms with Crippen LogP contribution in [0.15, 0.2) is 48.5 Å². The van der Waals surface area contributed by atoms with Crippen molar-refractivity contribution in [1.82, 2.24) is 15.3 Å². The summed E-state index contributed by atoms with van der Waals surface area (Å²) in [5, 5.41) is 4.14. The number of nitrogens with one attached hydrogen (secondary N) is 2. The Labute approximate surface area is 193 Å². The number of hydrogen-bond acceptors (Lipinski definition) is 6. The van der Waals surface area contributed by atoms with E-state index in [1.165, 1.54) is 0 Å². The zero-order chi connectivity index (χ0) is 23.8. The van der Waals surface area contributed by atoms with Gasteiger partial charge in [0, 0.05) is 18.3 Å². The van der Waals surface area contributed by atoms with Crippen molar-refractivity contribution >= 4 is 53.8 Å². The molecule has 8 heteroatoms. The number of H-pyrrole nitrogens is 1. The first kappa shape index (κ1) is 26.6. The Bertz CT molecular complexity index is 1060.